The van der Waals surface area contributed by atoms with E-state index in [9.17, 15) is 4.79 Å². The van der Waals surface area contributed by atoms with Crippen LogP contribution in [0.15, 0.2) is 6.08 Å². The molecule has 0 saturated heterocycles. The number of aryl methyl sites for hydroxylation is 2. The van der Waals surface area contributed by atoms with Crippen LogP contribution in [0.1, 0.15) is 43.9 Å². The van der Waals surface area contributed by atoms with Crippen molar-refractivity contribution in [3.05, 3.63) is 17.3 Å². The summed E-state index contributed by atoms with van der Waals surface area (Å²) in [5, 5.41) is 13.3. The molecule has 0 spiro atoms. The number of carboxylic acids is 1. The third-order valence-electron chi connectivity index (χ3n) is 4.50. The lowest BCUT2D eigenvalue weighted by molar-refractivity contribution is -0.131. The van der Waals surface area contributed by atoms with Gasteiger partial charge in [-0.3, -0.25) is 4.68 Å². The van der Waals surface area contributed by atoms with Crippen molar-refractivity contribution in [2.75, 3.05) is 11.9 Å². The third kappa shape index (κ3) is 3.46. The quantitative estimate of drug-likeness (QED) is 0.867. The Labute approximate surface area is 126 Å². The summed E-state index contributed by atoms with van der Waals surface area (Å²) in [6, 6.07) is 0.507. The van der Waals surface area contributed by atoms with Gasteiger partial charge in [-0.05, 0) is 44.6 Å². The minimum absolute atomic E-state index is 0.507. The van der Waals surface area contributed by atoms with Gasteiger partial charge >= 0.3 is 5.97 Å². The molecule has 0 aliphatic heterocycles. The van der Waals surface area contributed by atoms with E-state index in [0.29, 0.717) is 6.04 Å². The molecule has 1 aliphatic carbocycles. The number of aliphatic carboxylic acids is 1. The van der Waals surface area contributed by atoms with Gasteiger partial charge in [0.2, 0.25) is 0 Å². The number of carboxylic acid groups (broad SMARTS) is 1. The van der Waals surface area contributed by atoms with E-state index in [1.165, 1.54) is 31.8 Å². The van der Waals surface area contributed by atoms with E-state index in [1.54, 1.807) is 6.08 Å². The largest absolute Gasteiger partial charge is 0.478 e. The highest BCUT2D eigenvalue weighted by Gasteiger charge is 2.25. The van der Waals surface area contributed by atoms with Crippen LogP contribution in [0.3, 0.4) is 0 Å². The van der Waals surface area contributed by atoms with Crippen molar-refractivity contribution >= 4 is 17.9 Å². The molecule has 5 heteroatoms. The summed E-state index contributed by atoms with van der Waals surface area (Å²) in [5.74, 6) is 0.886. The number of aromatic nitrogens is 2. The predicted octanol–water partition coefficient (Wildman–Crippen LogP) is 2.84. The summed E-state index contributed by atoms with van der Waals surface area (Å²) in [5.41, 5.74) is 1.77. The number of hydrogen-bond donors (Lipinski definition) is 1. The summed E-state index contributed by atoms with van der Waals surface area (Å²) in [4.78, 5) is 13.1. The standard InChI is InChI=1S/C16H25N3O2/c1-11-5-7-13(8-6-11)18(3)16-14(9-10-15(20)21)12(2)17-19(16)4/h9-11,13H,5-8H2,1-4H3,(H,20,21). The molecule has 1 aromatic heterocycles. The Hall–Kier alpha value is -1.78. The Bertz CT molecular complexity index is 540. The van der Waals surface area contributed by atoms with E-state index in [-0.39, 0.29) is 0 Å². The molecule has 0 amide bonds. The first-order valence-electron chi connectivity index (χ1n) is 7.57. The maximum Gasteiger partial charge on any atom is 0.328 e. The van der Waals surface area contributed by atoms with Gasteiger partial charge in [0, 0.05) is 31.8 Å². The highest BCUT2D eigenvalue weighted by Crippen LogP contribution is 2.32. The van der Waals surface area contributed by atoms with Crippen molar-refractivity contribution in [2.45, 2.75) is 45.6 Å². The molecule has 116 valence electrons. The van der Waals surface area contributed by atoms with Crippen LogP contribution < -0.4 is 4.90 Å². The highest BCUT2D eigenvalue weighted by molar-refractivity contribution is 5.87. The molecule has 0 aromatic carbocycles. The molecule has 0 radical (unpaired) electrons. The van der Waals surface area contributed by atoms with Gasteiger partial charge in [-0.15, -0.1) is 0 Å². The maximum atomic E-state index is 10.8. The SMILES string of the molecule is Cc1nn(C)c(N(C)C2CCC(C)CC2)c1C=CC(=O)O. The fourth-order valence-corrected chi connectivity index (χ4v) is 3.23. The Balaban J connectivity index is 2.27. The lowest BCUT2D eigenvalue weighted by Crippen LogP contribution is -2.36. The molecular weight excluding hydrogens is 266 g/mol. The zero-order chi connectivity index (χ0) is 15.6. The fourth-order valence-electron chi connectivity index (χ4n) is 3.23. The second kappa shape index (κ2) is 6.33. The van der Waals surface area contributed by atoms with Crippen LogP contribution >= 0.6 is 0 Å². The van der Waals surface area contributed by atoms with Crippen molar-refractivity contribution < 1.29 is 9.90 Å². The second-order valence-electron chi connectivity index (χ2n) is 6.14. The van der Waals surface area contributed by atoms with Gasteiger partial charge in [-0.2, -0.15) is 5.10 Å². The number of hydrogen-bond acceptors (Lipinski definition) is 3. The molecule has 0 bridgehead atoms. The van der Waals surface area contributed by atoms with E-state index in [0.717, 1.165) is 23.0 Å². The van der Waals surface area contributed by atoms with Crippen molar-refractivity contribution in [1.82, 2.24) is 9.78 Å². The third-order valence-corrected chi connectivity index (χ3v) is 4.50. The number of carbonyl (C=O) groups is 1. The summed E-state index contributed by atoms with van der Waals surface area (Å²) >= 11 is 0. The Morgan fingerprint density at radius 2 is 2.00 bits per heavy atom. The fraction of sp³-hybridized carbons (Fsp3) is 0.625. The van der Waals surface area contributed by atoms with E-state index in [4.69, 9.17) is 5.11 Å². The number of rotatable bonds is 4. The molecule has 1 aromatic rings. The molecule has 1 fully saturated rings. The van der Waals surface area contributed by atoms with Crippen molar-refractivity contribution in [3.8, 4) is 0 Å². The first kappa shape index (κ1) is 15.6. The van der Waals surface area contributed by atoms with E-state index >= 15 is 0 Å². The summed E-state index contributed by atoms with van der Waals surface area (Å²) in [6.45, 7) is 4.23. The molecule has 5 nitrogen and oxygen atoms in total. The average Bonchev–Trinajstić information content (AvgIpc) is 2.70. The van der Waals surface area contributed by atoms with Crippen LogP contribution in [0.25, 0.3) is 6.08 Å². The first-order chi connectivity index (χ1) is 9.90. The van der Waals surface area contributed by atoms with Crippen molar-refractivity contribution in [2.24, 2.45) is 13.0 Å². The molecule has 1 aliphatic rings. The summed E-state index contributed by atoms with van der Waals surface area (Å²) in [6.07, 6.45) is 7.72. The minimum atomic E-state index is -0.932. The predicted molar refractivity (Wildman–Crippen MR) is 84.4 cm³/mol. The molecule has 1 saturated carbocycles. The van der Waals surface area contributed by atoms with E-state index in [1.807, 2.05) is 18.7 Å². The molecule has 21 heavy (non-hydrogen) atoms. The van der Waals surface area contributed by atoms with Crippen LogP contribution in [0, 0.1) is 12.8 Å². The van der Waals surface area contributed by atoms with Gasteiger partial charge in [0.1, 0.15) is 5.82 Å². The topological polar surface area (TPSA) is 58.4 Å². The molecule has 0 atom stereocenters. The molecule has 1 N–H and O–H groups in total. The zero-order valence-corrected chi connectivity index (χ0v) is 13.3. The summed E-state index contributed by atoms with van der Waals surface area (Å²) in [7, 11) is 4.01. The molecule has 0 unspecified atom stereocenters. The Morgan fingerprint density at radius 1 is 1.38 bits per heavy atom. The van der Waals surface area contributed by atoms with Crippen LogP contribution in [0.5, 0.6) is 0 Å². The van der Waals surface area contributed by atoms with Gasteiger partial charge in [0.15, 0.2) is 0 Å². The van der Waals surface area contributed by atoms with E-state index in [2.05, 4.69) is 24.0 Å². The second-order valence-corrected chi connectivity index (χ2v) is 6.14. The number of anilines is 1. The van der Waals surface area contributed by atoms with Crippen LogP contribution in [0.2, 0.25) is 0 Å². The van der Waals surface area contributed by atoms with Gasteiger partial charge in [-0.1, -0.05) is 6.92 Å². The molecule has 1 heterocycles. The average molecular weight is 291 g/mol. The van der Waals surface area contributed by atoms with Crippen LogP contribution in [-0.2, 0) is 11.8 Å². The summed E-state index contributed by atoms with van der Waals surface area (Å²) < 4.78 is 1.86. The Kier molecular flexibility index (Phi) is 4.70. The minimum Gasteiger partial charge on any atom is -0.478 e. The van der Waals surface area contributed by atoms with Crippen molar-refractivity contribution in [3.63, 3.8) is 0 Å². The maximum absolute atomic E-state index is 10.8. The lowest BCUT2D eigenvalue weighted by atomic mass is 9.86. The highest BCUT2D eigenvalue weighted by atomic mass is 16.4. The van der Waals surface area contributed by atoms with Gasteiger partial charge < -0.3 is 10.0 Å². The molecular formula is C16H25N3O2. The zero-order valence-electron chi connectivity index (χ0n) is 13.3. The van der Waals surface area contributed by atoms with Gasteiger partial charge in [0.25, 0.3) is 0 Å². The number of nitrogens with zero attached hydrogens (tertiary/aromatic N) is 3. The monoisotopic (exact) mass is 291 g/mol. The van der Waals surface area contributed by atoms with E-state index < -0.39 is 5.97 Å². The lowest BCUT2D eigenvalue weighted by Gasteiger charge is -2.35. The smallest absolute Gasteiger partial charge is 0.328 e. The van der Waals surface area contributed by atoms with Crippen LogP contribution in [0.4, 0.5) is 5.82 Å². The first-order valence-corrected chi connectivity index (χ1v) is 7.57. The normalized spacial score (nSPS) is 22.7. The van der Waals surface area contributed by atoms with Gasteiger partial charge in [0.05, 0.1) is 5.69 Å². The van der Waals surface area contributed by atoms with Crippen molar-refractivity contribution in [1.29, 1.82) is 0 Å². The molecule has 2 rings (SSSR count). The Morgan fingerprint density at radius 3 is 2.57 bits per heavy atom. The van der Waals surface area contributed by atoms with Crippen LogP contribution in [-0.4, -0.2) is 33.9 Å². The van der Waals surface area contributed by atoms with Gasteiger partial charge in [-0.25, -0.2) is 4.79 Å².